The van der Waals surface area contributed by atoms with Crippen molar-refractivity contribution in [3.8, 4) is 5.75 Å². The van der Waals surface area contributed by atoms with E-state index in [1.54, 1.807) is 12.1 Å². The molecule has 2 aromatic rings. The number of rotatable bonds is 7. The first-order chi connectivity index (χ1) is 12.4. The lowest BCUT2D eigenvalue weighted by Gasteiger charge is -2.12. The highest BCUT2D eigenvalue weighted by Crippen LogP contribution is 2.19. The Kier molecular flexibility index (Phi) is 6.32. The molecule has 0 atom stereocenters. The van der Waals surface area contributed by atoms with Gasteiger partial charge in [-0.1, -0.05) is 13.8 Å². The number of carbonyl (C=O) groups excluding carboxylic acids is 2. The second-order valence-corrected chi connectivity index (χ2v) is 6.04. The van der Waals surface area contributed by atoms with Gasteiger partial charge in [0.15, 0.2) is 5.69 Å². The van der Waals surface area contributed by atoms with E-state index in [9.17, 15) is 14.8 Å². The van der Waals surface area contributed by atoms with Crippen molar-refractivity contribution in [2.24, 2.45) is 5.92 Å². The zero-order chi connectivity index (χ0) is 19.3. The molecule has 0 radical (unpaired) electrons. The Labute approximate surface area is 151 Å². The predicted octanol–water partition coefficient (Wildman–Crippen LogP) is 2.14. The summed E-state index contributed by atoms with van der Waals surface area (Å²) >= 11 is 0. The topological polar surface area (TPSA) is 102 Å². The van der Waals surface area contributed by atoms with Gasteiger partial charge < -0.3 is 19.4 Å². The third-order valence-corrected chi connectivity index (χ3v) is 3.53. The molecule has 0 aliphatic rings. The maximum atomic E-state index is 12.7. The molecular weight excluding hydrogens is 340 g/mol. The number of hydrogen-bond donors (Lipinski definition) is 0. The number of esters is 2. The number of nitrogens with zero attached hydrogens (tertiary/aromatic N) is 2. The molecule has 1 heterocycles. The van der Waals surface area contributed by atoms with Crippen LogP contribution in [0.5, 0.6) is 5.75 Å². The summed E-state index contributed by atoms with van der Waals surface area (Å²) in [6.07, 6.45) is 0.232. The fourth-order valence-electron chi connectivity index (χ4n) is 2.39. The third-order valence-electron chi connectivity index (χ3n) is 3.53. The van der Waals surface area contributed by atoms with E-state index in [0.717, 1.165) is 7.11 Å². The van der Waals surface area contributed by atoms with Crippen LogP contribution in [-0.2, 0) is 20.9 Å². The summed E-state index contributed by atoms with van der Waals surface area (Å²) in [5.41, 5.74) is 0.242. The summed E-state index contributed by atoms with van der Waals surface area (Å²) in [6, 6.07) is 4.78. The Morgan fingerprint density at radius 3 is 2.65 bits per heavy atom. The number of hydrogen-bond acceptors (Lipinski definition) is 7. The van der Waals surface area contributed by atoms with Crippen LogP contribution >= 0.6 is 0 Å². The second-order valence-electron chi connectivity index (χ2n) is 6.04. The molecule has 0 saturated carbocycles. The minimum atomic E-state index is -0.855. The van der Waals surface area contributed by atoms with Crippen molar-refractivity contribution in [1.29, 1.82) is 0 Å². The Balaban J connectivity index is 2.45. The van der Waals surface area contributed by atoms with Crippen LogP contribution in [0, 0.1) is 11.1 Å². The van der Waals surface area contributed by atoms with Crippen LogP contribution in [0.2, 0.25) is 0 Å². The first kappa shape index (κ1) is 19.4. The SMILES string of the molecule is CCOc1ccc2nc(COC(=O)CC(C)C)c(C(=O)OC)[n+]([O-])c2c1. The van der Waals surface area contributed by atoms with Gasteiger partial charge in [-0.3, -0.25) is 4.79 Å². The minimum absolute atomic E-state index is 0.0422. The van der Waals surface area contributed by atoms with Crippen LogP contribution in [0.25, 0.3) is 11.0 Å². The van der Waals surface area contributed by atoms with Crippen molar-refractivity contribution in [1.82, 2.24) is 4.98 Å². The highest BCUT2D eigenvalue weighted by atomic mass is 16.5. The van der Waals surface area contributed by atoms with Crippen LogP contribution in [0.4, 0.5) is 0 Å². The van der Waals surface area contributed by atoms with Gasteiger partial charge in [0, 0.05) is 6.42 Å². The van der Waals surface area contributed by atoms with Gasteiger partial charge in [-0.25, -0.2) is 9.78 Å². The molecule has 0 fully saturated rings. The number of methoxy groups -OCH3 is 1. The summed E-state index contributed by atoms with van der Waals surface area (Å²) < 4.78 is 15.6. The summed E-state index contributed by atoms with van der Waals surface area (Å²) in [5, 5.41) is 12.7. The fraction of sp³-hybridized carbons (Fsp3) is 0.444. The largest absolute Gasteiger partial charge is 0.618 e. The van der Waals surface area contributed by atoms with E-state index >= 15 is 0 Å². The Bertz CT molecular complexity index is 819. The molecule has 0 amide bonds. The molecule has 1 aromatic carbocycles. The van der Waals surface area contributed by atoms with Crippen molar-refractivity contribution >= 4 is 23.0 Å². The predicted molar refractivity (Wildman–Crippen MR) is 92.5 cm³/mol. The lowest BCUT2D eigenvalue weighted by Crippen LogP contribution is -2.38. The molecule has 2 rings (SSSR count). The van der Waals surface area contributed by atoms with Crippen LogP contribution < -0.4 is 9.47 Å². The molecule has 140 valence electrons. The normalized spacial score (nSPS) is 10.8. The molecule has 0 saturated heterocycles. The Morgan fingerprint density at radius 1 is 1.31 bits per heavy atom. The summed E-state index contributed by atoms with van der Waals surface area (Å²) in [5.74, 6) is -0.667. The third kappa shape index (κ3) is 4.38. The Morgan fingerprint density at radius 2 is 2.04 bits per heavy atom. The number of ether oxygens (including phenoxy) is 3. The molecule has 0 bridgehead atoms. The maximum absolute atomic E-state index is 12.7. The molecule has 8 heteroatoms. The van der Waals surface area contributed by atoms with Crippen LogP contribution in [0.1, 0.15) is 43.4 Å². The van der Waals surface area contributed by atoms with E-state index in [4.69, 9.17) is 9.47 Å². The van der Waals surface area contributed by atoms with Crippen LogP contribution in [0.3, 0.4) is 0 Å². The van der Waals surface area contributed by atoms with Crippen molar-refractivity contribution in [3.63, 3.8) is 0 Å². The number of benzene rings is 1. The monoisotopic (exact) mass is 362 g/mol. The number of aromatic nitrogens is 2. The van der Waals surface area contributed by atoms with Crippen LogP contribution in [0.15, 0.2) is 18.2 Å². The summed E-state index contributed by atoms with van der Waals surface area (Å²) in [4.78, 5) is 28.2. The molecule has 0 spiro atoms. The van der Waals surface area contributed by atoms with Gasteiger partial charge in [-0.15, -0.1) is 0 Å². The lowest BCUT2D eigenvalue weighted by molar-refractivity contribution is -0.581. The maximum Gasteiger partial charge on any atom is 0.406 e. The van der Waals surface area contributed by atoms with Crippen molar-refractivity contribution in [3.05, 3.63) is 34.8 Å². The minimum Gasteiger partial charge on any atom is -0.618 e. The van der Waals surface area contributed by atoms with Gasteiger partial charge in [0.05, 0.1) is 19.8 Å². The zero-order valence-electron chi connectivity index (χ0n) is 15.3. The Hall–Kier alpha value is -2.90. The van der Waals surface area contributed by atoms with Crippen molar-refractivity contribution in [2.75, 3.05) is 13.7 Å². The van der Waals surface area contributed by atoms with Gasteiger partial charge in [0.2, 0.25) is 5.52 Å². The summed E-state index contributed by atoms with van der Waals surface area (Å²) in [6.45, 7) is 5.74. The standard InChI is InChI=1S/C18H22N2O6/c1-5-25-12-6-7-13-15(9-12)20(23)17(18(22)24-4)14(19-13)10-26-16(21)8-11(2)3/h6-7,9,11H,5,8,10H2,1-4H3. The average Bonchev–Trinajstić information content (AvgIpc) is 2.59. The molecule has 26 heavy (non-hydrogen) atoms. The van der Waals surface area contributed by atoms with E-state index in [2.05, 4.69) is 9.72 Å². The van der Waals surface area contributed by atoms with E-state index in [1.165, 1.54) is 6.07 Å². The molecule has 0 N–H and O–H groups in total. The van der Waals surface area contributed by atoms with Gasteiger partial charge >= 0.3 is 17.6 Å². The molecule has 0 aliphatic heterocycles. The highest BCUT2D eigenvalue weighted by molar-refractivity contribution is 5.88. The van der Waals surface area contributed by atoms with Gasteiger partial charge in [-0.2, -0.15) is 4.73 Å². The molecule has 0 unspecified atom stereocenters. The molecule has 1 aromatic heterocycles. The molecule has 8 nitrogen and oxygen atoms in total. The fourth-order valence-corrected chi connectivity index (χ4v) is 2.39. The highest BCUT2D eigenvalue weighted by Gasteiger charge is 2.28. The first-order valence-electron chi connectivity index (χ1n) is 8.30. The second kappa shape index (κ2) is 8.46. The van der Waals surface area contributed by atoms with Gasteiger partial charge in [-0.05, 0) is 25.0 Å². The van der Waals surface area contributed by atoms with E-state index < -0.39 is 11.9 Å². The zero-order valence-corrected chi connectivity index (χ0v) is 15.3. The quantitative estimate of drug-likeness (QED) is 0.422. The van der Waals surface area contributed by atoms with Gasteiger partial charge in [0.1, 0.15) is 17.9 Å². The van der Waals surface area contributed by atoms with Crippen LogP contribution in [-0.4, -0.2) is 30.6 Å². The smallest absolute Gasteiger partial charge is 0.406 e. The average molecular weight is 362 g/mol. The van der Waals surface area contributed by atoms with Crippen molar-refractivity contribution < 1.29 is 28.5 Å². The van der Waals surface area contributed by atoms with E-state index in [0.29, 0.717) is 22.6 Å². The summed E-state index contributed by atoms with van der Waals surface area (Å²) in [7, 11) is 1.16. The lowest BCUT2D eigenvalue weighted by atomic mass is 10.1. The van der Waals surface area contributed by atoms with Crippen molar-refractivity contribution in [2.45, 2.75) is 33.8 Å². The molecule has 0 aliphatic carbocycles. The molecular formula is C18H22N2O6. The van der Waals surface area contributed by atoms with Gasteiger partial charge in [0.25, 0.3) is 0 Å². The number of fused-ring (bicyclic) bond motifs is 1. The van der Waals surface area contributed by atoms with E-state index in [-0.39, 0.29) is 35.9 Å². The van der Waals surface area contributed by atoms with E-state index in [1.807, 2.05) is 20.8 Å². The first-order valence-corrected chi connectivity index (χ1v) is 8.30. The number of carbonyl (C=O) groups is 2.